The third kappa shape index (κ3) is 3.71. The molecule has 1 aliphatic heterocycles. The molecule has 0 spiro atoms. The van der Waals surface area contributed by atoms with E-state index in [2.05, 4.69) is 23.8 Å². The molecule has 0 radical (unpaired) electrons. The van der Waals surface area contributed by atoms with E-state index in [4.69, 9.17) is 5.73 Å². The van der Waals surface area contributed by atoms with Crippen LogP contribution >= 0.6 is 0 Å². The van der Waals surface area contributed by atoms with Crippen LogP contribution in [-0.4, -0.2) is 55.1 Å². The SMILES string of the molecule is CCCC1CCC(CN)(N2CCCN(C)CC2)CC1. The van der Waals surface area contributed by atoms with Crippen LogP contribution in [0, 0.1) is 5.92 Å². The Balaban J connectivity index is 1.95. The van der Waals surface area contributed by atoms with Crippen molar-refractivity contribution in [2.75, 3.05) is 39.8 Å². The van der Waals surface area contributed by atoms with Crippen LogP contribution in [0.25, 0.3) is 0 Å². The highest BCUT2D eigenvalue weighted by Crippen LogP contribution is 2.38. The summed E-state index contributed by atoms with van der Waals surface area (Å²) in [6.45, 7) is 8.09. The first kappa shape index (κ1) is 15.3. The van der Waals surface area contributed by atoms with Crippen molar-refractivity contribution in [1.29, 1.82) is 0 Å². The van der Waals surface area contributed by atoms with Gasteiger partial charge in [-0.25, -0.2) is 0 Å². The first-order valence-electron chi connectivity index (χ1n) is 8.34. The summed E-state index contributed by atoms with van der Waals surface area (Å²) in [6.07, 6.45) is 9.53. The molecule has 0 unspecified atom stereocenters. The number of hydrogen-bond donors (Lipinski definition) is 1. The van der Waals surface area contributed by atoms with E-state index in [9.17, 15) is 0 Å². The molecule has 1 heterocycles. The monoisotopic (exact) mass is 267 g/mol. The Kier molecular flexibility index (Phi) is 5.67. The number of nitrogens with zero attached hydrogens (tertiary/aromatic N) is 2. The van der Waals surface area contributed by atoms with Crippen molar-refractivity contribution in [3.63, 3.8) is 0 Å². The van der Waals surface area contributed by atoms with E-state index >= 15 is 0 Å². The topological polar surface area (TPSA) is 32.5 Å². The lowest BCUT2D eigenvalue weighted by Gasteiger charge is -2.47. The van der Waals surface area contributed by atoms with Crippen molar-refractivity contribution in [2.45, 2.75) is 57.4 Å². The fourth-order valence-corrected chi connectivity index (χ4v) is 4.08. The van der Waals surface area contributed by atoms with Crippen molar-refractivity contribution in [3.8, 4) is 0 Å². The van der Waals surface area contributed by atoms with E-state index < -0.39 is 0 Å². The van der Waals surface area contributed by atoms with E-state index in [1.807, 2.05) is 0 Å². The Hall–Kier alpha value is -0.120. The smallest absolute Gasteiger partial charge is 0.0332 e. The molecular weight excluding hydrogens is 234 g/mol. The maximum absolute atomic E-state index is 6.22. The van der Waals surface area contributed by atoms with Crippen molar-refractivity contribution in [1.82, 2.24) is 9.80 Å². The maximum atomic E-state index is 6.22. The van der Waals surface area contributed by atoms with Gasteiger partial charge in [0.15, 0.2) is 0 Å². The van der Waals surface area contributed by atoms with Gasteiger partial charge in [0.25, 0.3) is 0 Å². The van der Waals surface area contributed by atoms with Crippen molar-refractivity contribution < 1.29 is 0 Å². The minimum atomic E-state index is 0.329. The van der Waals surface area contributed by atoms with Crippen LogP contribution in [0.1, 0.15) is 51.9 Å². The van der Waals surface area contributed by atoms with Crippen LogP contribution in [-0.2, 0) is 0 Å². The quantitative estimate of drug-likeness (QED) is 0.848. The Bertz CT molecular complexity index is 259. The summed E-state index contributed by atoms with van der Waals surface area (Å²) in [5, 5.41) is 0. The number of likely N-dealkylation sites (N-methyl/N-ethyl adjacent to an activating group) is 1. The first-order valence-corrected chi connectivity index (χ1v) is 8.34. The molecule has 1 aliphatic carbocycles. The summed E-state index contributed by atoms with van der Waals surface area (Å²) in [5.41, 5.74) is 6.55. The minimum Gasteiger partial charge on any atom is -0.329 e. The second kappa shape index (κ2) is 7.05. The summed E-state index contributed by atoms with van der Waals surface area (Å²) >= 11 is 0. The van der Waals surface area contributed by atoms with Gasteiger partial charge in [-0.05, 0) is 51.6 Å². The Labute approximate surface area is 119 Å². The summed E-state index contributed by atoms with van der Waals surface area (Å²) < 4.78 is 0. The zero-order valence-electron chi connectivity index (χ0n) is 13.0. The van der Waals surface area contributed by atoms with Gasteiger partial charge < -0.3 is 10.6 Å². The van der Waals surface area contributed by atoms with Crippen LogP contribution in [0.2, 0.25) is 0 Å². The predicted octanol–water partition coefficient (Wildman–Crippen LogP) is 2.31. The third-order valence-electron chi connectivity index (χ3n) is 5.50. The molecule has 0 aromatic carbocycles. The highest BCUT2D eigenvalue weighted by Gasteiger charge is 2.39. The molecule has 2 N–H and O–H groups in total. The number of nitrogens with two attached hydrogens (primary N) is 1. The van der Waals surface area contributed by atoms with Crippen molar-refractivity contribution in [3.05, 3.63) is 0 Å². The van der Waals surface area contributed by atoms with Gasteiger partial charge in [-0.1, -0.05) is 19.8 Å². The van der Waals surface area contributed by atoms with Gasteiger partial charge in [-0.3, -0.25) is 4.90 Å². The highest BCUT2D eigenvalue weighted by molar-refractivity contribution is 4.96. The molecule has 19 heavy (non-hydrogen) atoms. The van der Waals surface area contributed by atoms with Crippen LogP contribution in [0.3, 0.4) is 0 Å². The van der Waals surface area contributed by atoms with Gasteiger partial charge in [-0.15, -0.1) is 0 Å². The molecule has 0 aromatic rings. The van der Waals surface area contributed by atoms with E-state index in [1.54, 1.807) is 0 Å². The molecular formula is C16H33N3. The van der Waals surface area contributed by atoms with Gasteiger partial charge in [0.05, 0.1) is 0 Å². The summed E-state index contributed by atoms with van der Waals surface area (Å²) in [7, 11) is 2.25. The van der Waals surface area contributed by atoms with Gasteiger partial charge in [0.2, 0.25) is 0 Å². The van der Waals surface area contributed by atoms with E-state index in [-0.39, 0.29) is 0 Å². The lowest BCUT2D eigenvalue weighted by atomic mass is 9.74. The third-order valence-corrected chi connectivity index (χ3v) is 5.50. The molecule has 0 bridgehead atoms. The zero-order chi connectivity index (χ0) is 13.7. The lowest BCUT2D eigenvalue weighted by molar-refractivity contribution is 0.0443. The maximum Gasteiger partial charge on any atom is 0.0332 e. The number of rotatable bonds is 4. The summed E-state index contributed by atoms with van der Waals surface area (Å²) in [5.74, 6) is 0.972. The molecule has 3 heteroatoms. The second-order valence-corrected chi connectivity index (χ2v) is 6.80. The van der Waals surface area contributed by atoms with Crippen LogP contribution < -0.4 is 5.73 Å². The Morgan fingerprint density at radius 1 is 1.11 bits per heavy atom. The van der Waals surface area contributed by atoms with Crippen LogP contribution in [0.15, 0.2) is 0 Å². The average Bonchev–Trinajstić information content (AvgIpc) is 2.66. The highest BCUT2D eigenvalue weighted by atomic mass is 15.3. The minimum absolute atomic E-state index is 0.329. The molecule has 2 fully saturated rings. The van der Waals surface area contributed by atoms with Crippen molar-refractivity contribution >= 4 is 0 Å². The molecule has 0 amide bonds. The number of hydrogen-bond acceptors (Lipinski definition) is 3. The second-order valence-electron chi connectivity index (χ2n) is 6.80. The van der Waals surface area contributed by atoms with E-state index in [0.717, 1.165) is 12.5 Å². The van der Waals surface area contributed by atoms with Crippen LogP contribution in [0.5, 0.6) is 0 Å². The fraction of sp³-hybridized carbons (Fsp3) is 1.00. The lowest BCUT2D eigenvalue weighted by Crippen LogP contribution is -2.56. The molecule has 112 valence electrons. The summed E-state index contributed by atoms with van der Waals surface area (Å²) in [6, 6.07) is 0. The van der Waals surface area contributed by atoms with Gasteiger partial charge in [-0.2, -0.15) is 0 Å². The van der Waals surface area contributed by atoms with E-state index in [0.29, 0.717) is 5.54 Å². The molecule has 2 rings (SSSR count). The van der Waals surface area contributed by atoms with E-state index in [1.165, 1.54) is 71.1 Å². The standard InChI is InChI=1S/C16H33N3/c1-3-5-15-6-8-16(14-17,9-7-15)19-11-4-10-18(2)12-13-19/h15H,3-14,17H2,1-2H3. The molecule has 3 nitrogen and oxygen atoms in total. The van der Waals surface area contributed by atoms with Gasteiger partial charge in [0.1, 0.15) is 0 Å². The van der Waals surface area contributed by atoms with Crippen molar-refractivity contribution in [2.24, 2.45) is 11.7 Å². The predicted molar refractivity (Wildman–Crippen MR) is 82.3 cm³/mol. The normalized spacial score (nSPS) is 35.2. The molecule has 0 aromatic heterocycles. The van der Waals surface area contributed by atoms with Gasteiger partial charge >= 0.3 is 0 Å². The van der Waals surface area contributed by atoms with Crippen LogP contribution in [0.4, 0.5) is 0 Å². The largest absolute Gasteiger partial charge is 0.329 e. The molecule has 0 atom stereocenters. The molecule has 1 saturated heterocycles. The molecule has 1 saturated carbocycles. The molecule has 2 aliphatic rings. The fourth-order valence-electron chi connectivity index (χ4n) is 4.08. The average molecular weight is 267 g/mol. The Morgan fingerprint density at radius 2 is 1.84 bits per heavy atom. The van der Waals surface area contributed by atoms with Gasteiger partial charge in [0, 0.05) is 31.7 Å². The first-order chi connectivity index (χ1) is 9.20. The summed E-state index contributed by atoms with van der Waals surface area (Å²) in [4.78, 5) is 5.20. The zero-order valence-corrected chi connectivity index (χ0v) is 13.0. The Morgan fingerprint density at radius 3 is 2.47 bits per heavy atom.